The number of aromatic nitrogens is 1. The zero-order valence-corrected chi connectivity index (χ0v) is 10.5. The van der Waals surface area contributed by atoms with Gasteiger partial charge < -0.3 is 15.4 Å². The average Bonchev–Trinajstić information content (AvgIpc) is 2.36. The molecule has 2 N–H and O–H groups in total. The summed E-state index contributed by atoms with van der Waals surface area (Å²) in [6.07, 6.45) is 1.61. The lowest BCUT2D eigenvalue weighted by atomic mass is 10.2. The Kier molecular flexibility index (Phi) is 5.42. The maximum absolute atomic E-state index is 11.9. The van der Waals surface area contributed by atoms with Crippen molar-refractivity contribution in [1.29, 1.82) is 0 Å². The third kappa shape index (κ3) is 4.40. The minimum absolute atomic E-state index is 0.00588. The second-order valence-corrected chi connectivity index (χ2v) is 3.71. The van der Waals surface area contributed by atoms with Crippen molar-refractivity contribution >= 4 is 11.7 Å². The molecule has 0 aliphatic carbocycles. The van der Waals surface area contributed by atoms with Gasteiger partial charge in [0.05, 0.1) is 6.61 Å². The monoisotopic (exact) mass is 237 g/mol. The fourth-order valence-corrected chi connectivity index (χ4v) is 1.35. The van der Waals surface area contributed by atoms with Crippen LogP contribution in [-0.2, 0) is 4.74 Å². The van der Waals surface area contributed by atoms with Crippen molar-refractivity contribution < 1.29 is 9.53 Å². The van der Waals surface area contributed by atoms with Crippen molar-refractivity contribution in [2.75, 3.05) is 25.6 Å². The third-order valence-electron chi connectivity index (χ3n) is 2.23. The molecule has 1 unspecified atom stereocenters. The number of hydrogen-bond donors (Lipinski definition) is 2. The van der Waals surface area contributed by atoms with Gasteiger partial charge in [0.2, 0.25) is 0 Å². The van der Waals surface area contributed by atoms with Gasteiger partial charge in [-0.1, -0.05) is 0 Å². The second kappa shape index (κ2) is 6.85. The fourth-order valence-electron chi connectivity index (χ4n) is 1.35. The highest BCUT2D eigenvalue weighted by atomic mass is 16.5. The van der Waals surface area contributed by atoms with Gasteiger partial charge in [-0.15, -0.1) is 0 Å². The molecule has 0 radical (unpaired) electrons. The normalized spacial score (nSPS) is 11.9. The van der Waals surface area contributed by atoms with E-state index in [0.717, 1.165) is 0 Å². The molecule has 5 heteroatoms. The Morgan fingerprint density at radius 3 is 3.00 bits per heavy atom. The lowest BCUT2D eigenvalue weighted by molar-refractivity contribution is 0.0872. The summed E-state index contributed by atoms with van der Waals surface area (Å²) < 4.78 is 5.24. The molecule has 94 valence electrons. The van der Waals surface area contributed by atoms with Gasteiger partial charge in [0.1, 0.15) is 5.82 Å². The number of nitrogens with zero attached hydrogens (tertiary/aromatic N) is 1. The number of nitrogens with one attached hydrogen (secondary N) is 2. The molecule has 1 atom stereocenters. The predicted molar refractivity (Wildman–Crippen MR) is 67.2 cm³/mol. The standard InChI is InChI=1S/C12H19N3O2/c1-4-17-8-9(2)15-12(16)10-5-6-14-11(7-10)13-3/h5-7,9H,4,8H2,1-3H3,(H,13,14)(H,15,16). The molecule has 0 saturated carbocycles. The first-order valence-electron chi connectivity index (χ1n) is 5.69. The number of rotatable bonds is 6. The Morgan fingerprint density at radius 1 is 1.59 bits per heavy atom. The molecule has 0 aliphatic rings. The van der Waals surface area contributed by atoms with Crippen LogP contribution in [0.1, 0.15) is 24.2 Å². The molecule has 0 aromatic carbocycles. The van der Waals surface area contributed by atoms with Crippen molar-refractivity contribution in [2.45, 2.75) is 19.9 Å². The molecule has 5 nitrogen and oxygen atoms in total. The Bertz CT molecular complexity index is 369. The predicted octanol–water partition coefficient (Wildman–Crippen LogP) is 1.28. The van der Waals surface area contributed by atoms with Gasteiger partial charge in [-0.05, 0) is 26.0 Å². The number of ether oxygens (including phenoxy) is 1. The molecule has 1 aromatic heterocycles. The Hall–Kier alpha value is -1.62. The smallest absolute Gasteiger partial charge is 0.251 e. The molecule has 0 saturated heterocycles. The number of anilines is 1. The van der Waals surface area contributed by atoms with Crippen LogP contribution in [0.4, 0.5) is 5.82 Å². The molecule has 1 rings (SSSR count). The van der Waals surface area contributed by atoms with Gasteiger partial charge in [0, 0.05) is 31.5 Å². The zero-order valence-electron chi connectivity index (χ0n) is 10.5. The Balaban J connectivity index is 2.56. The highest BCUT2D eigenvalue weighted by Gasteiger charge is 2.10. The summed E-state index contributed by atoms with van der Waals surface area (Å²) in [4.78, 5) is 15.9. The molecule has 0 fully saturated rings. The average molecular weight is 237 g/mol. The SMILES string of the molecule is CCOCC(C)NC(=O)c1ccnc(NC)c1. The molecule has 0 bridgehead atoms. The summed E-state index contributed by atoms with van der Waals surface area (Å²) in [5.74, 6) is 0.561. The summed E-state index contributed by atoms with van der Waals surface area (Å²) >= 11 is 0. The molecule has 17 heavy (non-hydrogen) atoms. The first-order chi connectivity index (χ1) is 8.17. The van der Waals surface area contributed by atoms with E-state index in [2.05, 4.69) is 15.6 Å². The molecular weight excluding hydrogens is 218 g/mol. The Morgan fingerprint density at radius 2 is 2.35 bits per heavy atom. The maximum Gasteiger partial charge on any atom is 0.251 e. The van der Waals surface area contributed by atoms with E-state index in [-0.39, 0.29) is 11.9 Å². The lowest BCUT2D eigenvalue weighted by Crippen LogP contribution is -2.35. The zero-order chi connectivity index (χ0) is 12.7. The molecule has 1 aromatic rings. The quantitative estimate of drug-likeness (QED) is 0.782. The molecule has 1 heterocycles. The van der Waals surface area contributed by atoms with Crippen molar-refractivity contribution in [3.8, 4) is 0 Å². The highest BCUT2D eigenvalue weighted by molar-refractivity contribution is 5.94. The highest BCUT2D eigenvalue weighted by Crippen LogP contribution is 2.05. The van der Waals surface area contributed by atoms with Crippen molar-refractivity contribution in [1.82, 2.24) is 10.3 Å². The van der Waals surface area contributed by atoms with Crippen molar-refractivity contribution in [3.05, 3.63) is 23.9 Å². The molecule has 0 aliphatic heterocycles. The van der Waals surface area contributed by atoms with Crippen molar-refractivity contribution in [3.63, 3.8) is 0 Å². The van der Waals surface area contributed by atoms with Crippen LogP contribution in [0.2, 0.25) is 0 Å². The summed E-state index contributed by atoms with van der Waals surface area (Å²) in [6, 6.07) is 3.39. The van der Waals surface area contributed by atoms with E-state index >= 15 is 0 Å². The lowest BCUT2D eigenvalue weighted by Gasteiger charge is -2.13. The maximum atomic E-state index is 11.9. The van der Waals surface area contributed by atoms with E-state index in [4.69, 9.17) is 4.74 Å². The van der Waals surface area contributed by atoms with E-state index < -0.39 is 0 Å². The van der Waals surface area contributed by atoms with Crippen LogP contribution < -0.4 is 10.6 Å². The fraction of sp³-hybridized carbons (Fsp3) is 0.500. The minimum atomic E-state index is -0.115. The minimum Gasteiger partial charge on any atom is -0.380 e. The number of pyridine rings is 1. The van der Waals surface area contributed by atoms with Crippen LogP contribution >= 0.6 is 0 Å². The van der Waals surface area contributed by atoms with Gasteiger partial charge in [0.15, 0.2) is 0 Å². The largest absolute Gasteiger partial charge is 0.380 e. The van der Waals surface area contributed by atoms with E-state index in [1.807, 2.05) is 13.8 Å². The van der Waals surface area contributed by atoms with Crippen LogP contribution in [0.15, 0.2) is 18.3 Å². The van der Waals surface area contributed by atoms with Gasteiger partial charge in [-0.2, -0.15) is 0 Å². The van der Waals surface area contributed by atoms with Crippen LogP contribution in [0.3, 0.4) is 0 Å². The summed E-state index contributed by atoms with van der Waals surface area (Å²) in [6.45, 7) is 5.01. The van der Waals surface area contributed by atoms with Gasteiger partial charge in [-0.25, -0.2) is 4.98 Å². The van der Waals surface area contributed by atoms with E-state index in [0.29, 0.717) is 24.6 Å². The first-order valence-corrected chi connectivity index (χ1v) is 5.69. The van der Waals surface area contributed by atoms with Crippen LogP contribution in [0.5, 0.6) is 0 Å². The molecular formula is C12H19N3O2. The van der Waals surface area contributed by atoms with E-state index in [1.54, 1.807) is 25.4 Å². The first kappa shape index (κ1) is 13.4. The van der Waals surface area contributed by atoms with Crippen LogP contribution in [-0.4, -0.2) is 37.2 Å². The number of carbonyl (C=O) groups excluding carboxylic acids is 1. The van der Waals surface area contributed by atoms with Crippen LogP contribution in [0, 0.1) is 0 Å². The molecule has 0 spiro atoms. The van der Waals surface area contributed by atoms with Gasteiger partial charge >= 0.3 is 0 Å². The van der Waals surface area contributed by atoms with Crippen LogP contribution in [0.25, 0.3) is 0 Å². The number of amides is 1. The van der Waals surface area contributed by atoms with E-state index in [1.165, 1.54) is 0 Å². The number of hydrogen-bond acceptors (Lipinski definition) is 4. The molecule has 1 amide bonds. The number of carbonyl (C=O) groups is 1. The Labute approximate surface area is 102 Å². The summed E-state index contributed by atoms with van der Waals surface area (Å²) in [5, 5.41) is 5.76. The second-order valence-electron chi connectivity index (χ2n) is 3.71. The van der Waals surface area contributed by atoms with E-state index in [9.17, 15) is 4.79 Å². The van der Waals surface area contributed by atoms with Gasteiger partial charge in [-0.3, -0.25) is 4.79 Å². The summed E-state index contributed by atoms with van der Waals surface area (Å²) in [5.41, 5.74) is 0.590. The summed E-state index contributed by atoms with van der Waals surface area (Å²) in [7, 11) is 1.77. The topological polar surface area (TPSA) is 63.2 Å². The van der Waals surface area contributed by atoms with Gasteiger partial charge in [0.25, 0.3) is 5.91 Å². The van der Waals surface area contributed by atoms with Crippen molar-refractivity contribution in [2.24, 2.45) is 0 Å². The third-order valence-corrected chi connectivity index (χ3v) is 2.23.